The zero-order chi connectivity index (χ0) is 13.2. The zero-order valence-electron chi connectivity index (χ0n) is 11.5. The predicted molar refractivity (Wildman–Crippen MR) is 73.1 cm³/mol. The Labute approximate surface area is 109 Å². The lowest BCUT2D eigenvalue weighted by atomic mass is 9.97. The Hall–Kier alpha value is -1.48. The Morgan fingerprint density at radius 2 is 1.83 bits per heavy atom. The molecule has 1 heterocycles. The van der Waals surface area contributed by atoms with Gasteiger partial charge in [0, 0.05) is 12.0 Å². The minimum atomic E-state index is 0.823. The van der Waals surface area contributed by atoms with E-state index in [1.165, 1.54) is 11.1 Å². The lowest BCUT2D eigenvalue weighted by molar-refractivity contribution is -0.919. The minimum Gasteiger partial charge on any atom is -0.493 e. The molecule has 0 spiro atoms. The van der Waals surface area contributed by atoms with Crippen LogP contribution in [0.5, 0.6) is 11.5 Å². The fourth-order valence-corrected chi connectivity index (χ4v) is 2.69. The molecule has 1 atom stereocenters. The van der Waals surface area contributed by atoms with Crippen LogP contribution >= 0.6 is 0 Å². The lowest BCUT2D eigenvalue weighted by Gasteiger charge is -2.38. The molecule has 1 aromatic rings. The standard InChI is InChI=1S/C15H22NO2/c1-5-7-16(2)8-6-12-9-14(17-3)15(18-4)10-13(12)11-16/h5,9-10H,1,6-8,11H2,2-4H3/q+1. The maximum absolute atomic E-state index is 5.38. The molecule has 0 radical (unpaired) electrons. The Morgan fingerprint density at radius 3 is 2.39 bits per heavy atom. The first-order valence-corrected chi connectivity index (χ1v) is 6.30. The smallest absolute Gasteiger partial charge is 0.161 e. The number of methoxy groups -OCH3 is 2. The monoisotopic (exact) mass is 248 g/mol. The molecule has 3 heteroatoms. The molecule has 1 aliphatic heterocycles. The summed E-state index contributed by atoms with van der Waals surface area (Å²) in [5.41, 5.74) is 2.75. The second-order valence-electron chi connectivity index (χ2n) is 5.20. The van der Waals surface area contributed by atoms with Gasteiger partial charge < -0.3 is 14.0 Å². The molecule has 0 bridgehead atoms. The molecule has 0 aliphatic carbocycles. The molecule has 0 aromatic heterocycles. The first kappa shape index (κ1) is 13.0. The number of quaternary nitrogens is 1. The van der Waals surface area contributed by atoms with Crippen LogP contribution in [-0.4, -0.2) is 38.8 Å². The maximum atomic E-state index is 5.38. The van der Waals surface area contributed by atoms with E-state index in [4.69, 9.17) is 9.47 Å². The summed E-state index contributed by atoms with van der Waals surface area (Å²) in [5.74, 6) is 1.65. The van der Waals surface area contributed by atoms with Gasteiger partial charge in [0.15, 0.2) is 11.5 Å². The summed E-state index contributed by atoms with van der Waals surface area (Å²) < 4.78 is 11.8. The van der Waals surface area contributed by atoms with E-state index >= 15 is 0 Å². The van der Waals surface area contributed by atoms with Crippen molar-refractivity contribution in [3.05, 3.63) is 35.9 Å². The van der Waals surface area contributed by atoms with Crippen molar-refractivity contribution in [1.29, 1.82) is 0 Å². The normalized spacial score (nSPS) is 22.2. The third-order valence-corrected chi connectivity index (χ3v) is 3.75. The third-order valence-electron chi connectivity index (χ3n) is 3.75. The van der Waals surface area contributed by atoms with Crippen LogP contribution in [0.1, 0.15) is 11.1 Å². The highest BCUT2D eigenvalue weighted by Gasteiger charge is 2.28. The number of fused-ring (bicyclic) bond motifs is 1. The molecule has 2 rings (SSSR count). The fraction of sp³-hybridized carbons (Fsp3) is 0.467. The molecular weight excluding hydrogens is 226 g/mol. The summed E-state index contributed by atoms with van der Waals surface area (Å²) in [6.45, 7) is 7.04. The van der Waals surface area contributed by atoms with Gasteiger partial charge in [-0.25, -0.2) is 0 Å². The summed E-state index contributed by atoms with van der Waals surface area (Å²) >= 11 is 0. The SMILES string of the molecule is C=CC[N+]1(C)CCc2cc(OC)c(OC)cc2C1. The van der Waals surface area contributed by atoms with Gasteiger partial charge in [-0.1, -0.05) is 6.58 Å². The van der Waals surface area contributed by atoms with Crippen molar-refractivity contribution < 1.29 is 14.0 Å². The first-order valence-electron chi connectivity index (χ1n) is 6.30. The van der Waals surface area contributed by atoms with Crippen LogP contribution in [0.25, 0.3) is 0 Å². The van der Waals surface area contributed by atoms with Crippen molar-refractivity contribution in [2.75, 3.05) is 34.4 Å². The lowest BCUT2D eigenvalue weighted by Crippen LogP contribution is -2.47. The molecule has 0 fully saturated rings. The van der Waals surface area contributed by atoms with Crippen molar-refractivity contribution in [2.24, 2.45) is 0 Å². The largest absolute Gasteiger partial charge is 0.493 e. The highest BCUT2D eigenvalue weighted by Crippen LogP contribution is 2.34. The van der Waals surface area contributed by atoms with Gasteiger partial charge in [-0.2, -0.15) is 0 Å². The predicted octanol–water partition coefficient (Wildman–Crippen LogP) is 2.39. The van der Waals surface area contributed by atoms with Crippen molar-refractivity contribution in [3.8, 4) is 11.5 Å². The number of nitrogens with zero attached hydrogens (tertiary/aromatic N) is 1. The Kier molecular flexibility index (Phi) is 3.62. The molecule has 98 valence electrons. The zero-order valence-corrected chi connectivity index (χ0v) is 11.5. The highest BCUT2D eigenvalue weighted by molar-refractivity contribution is 5.47. The van der Waals surface area contributed by atoms with Gasteiger partial charge >= 0.3 is 0 Å². The van der Waals surface area contributed by atoms with Gasteiger partial charge in [0.1, 0.15) is 6.54 Å². The van der Waals surface area contributed by atoms with Gasteiger partial charge in [-0.15, -0.1) is 0 Å². The topological polar surface area (TPSA) is 18.5 Å². The summed E-state index contributed by atoms with van der Waals surface area (Å²) in [6, 6.07) is 4.23. The summed E-state index contributed by atoms with van der Waals surface area (Å²) in [5, 5.41) is 0. The molecule has 1 aromatic carbocycles. The van der Waals surface area contributed by atoms with E-state index in [-0.39, 0.29) is 0 Å². The number of hydrogen-bond donors (Lipinski definition) is 0. The quantitative estimate of drug-likeness (QED) is 0.602. The van der Waals surface area contributed by atoms with Crippen molar-refractivity contribution in [1.82, 2.24) is 0 Å². The van der Waals surface area contributed by atoms with Crippen molar-refractivity contribution in [2.45, 2.75) is 13.0 Å². The van der Waals surface area contributed by atoms with E-state index in [0.717, 1.165) is 42.0 Å². The minimum absolute atomic E-state index is 0.823. The molecule has 1 unspecified atom stereocenters. The Morgan fingerprint density at radius 1 is 1.22 bits per heavy atom. The average molecular weight is 248 g/mol. The van der Waals surface area contributed by atoms with Crippen molar-refractivity contribution in [3.63, 3.8) is 0 Å². The second-order valence-corrected chi connectivity index (χ2v) is 5.20. The maximum Gasteiger partial charge on any atom is 0.161 e. The van der Waals surface area contributed by atoms with E-state index < -0.39 is 0 Å². The molecule has 0 saturated heterocycles. The van der Waals surface area contributed by atoms with Gasteiger partial charge in [0.05, 0.1) is 34.4 Å². The van der Waals surface area contributed by atoms with E-state index in [0.29, 0.717) is 0 Å². The molecule has 0 amide bonds. The molecule has 0 saturated carbocycles. The third kappa shape index (κ3) is 2.36. The summed E-state index contributed by atoms with van der Waals surface area (Å²) in [6.07, 6.45) is 3.09. The number of hydrogen-bond acceptors (Lipinski definition) is 2. The van der Waals surface area contributed by atoms with Crippen molar-refractivity contribution >= 4 is 0 Å². The number of benzene rings is 1. The van der Waals surface area contributed by atoms with Crippen LogP contribution in [0.15, 0.2) is 24.8 Å². The molecular formula is C15H22NO2+. The highest BCUT2D eigenvalue weighted by atomic mass is 16.5. The number of rotatable bonds is 4. The van der Waals surface area contributed by atoms with Gasteiger partial charge in [0.25, 0.3) is 0 Å². The van der Waals surface area contributed by atoms with Crippen LogP contribution in [0.2, 0.25) is 0 Å². The molecule has 18 heavy (non-hydrogen) atoms. The van der Waals surface area contributed by atoms with Crippen LogP contribution in [-0.2, 0) is 13.0 Å². The van der Waals surface area contributed by atoms with E-state index in [2.05, 4.69) is 25.8 Å². The van der Waals surface area contributed by atoms with Crippen LogP contribution in [0.3, 0.4) is 0 Å². The van der Waals surface area contributed by atoms with Crippen LogP contribution in [0, 0.1) is 0 Å². The fourth-order valence-electron chi connectivity index (χ4n) is 2.69. The van der Waals surface area contributed by atoms with E-state index in [9.17, 15) is 0 Å². The number of ether oxygens (including phenoxy) is 2. The second kappa shape index (κ2) is 5.02. The first-order chi connectivity index (χ1) is 8.61. The van der Waals surface area contributed by atoms with Gasteiger partial charge in [-0.3, -0.25) is 0 Å². The average Bonchev–Trinajstić information content (AvgIpc) is 2.37. The number of likely N-dealkylation sites (N-methyl/N-ethyl adjacent to an activating group) is 1. The van der Waals surface area contributed by atoms with Gasteiger partial charge in [-0.05, 0) is 23.8 Å². The van der Waals surface area contributed by atoms with E-state index in [1.807, 2.05) is 6.08 Å². The summed E-state index contributed by atoms with van der Waals surface area (Å²) in [4.78, 5) is 0. The van der Waals surface area contributed by atoms with Crippen LogP contribution < -0.4 is 9.47 Å². The Balaban J connectivity index is 2.35. The molecule has 3 nitrogen and oxygen atoms in total. The Bertz CT molecular complexity index is 456. The van der Waals surface area contributed by atoms with E-state index in [1.54, 1.807) is 14.2 Å². The molecule has 0 N–H and O–H groups in total. The molecule has 1 aliphatic rings. The van der Waals surface area contributed by atoms with Crippen LogP contribution in [0.4, 0.5) is 0 Å². The van der Waals surface area contributed by atoms with Gasteiger partial charge in [0.2, 0.25) is 0 Å². The summed E-state index contributed by atoms with van der Waals surface area (Å²) in [7, 11) is 5.65.